The molecule has 0 atom stereocenters. The minimum absolute atomic E-state index is 0.0409. The third kappa shape index (κ3) is 5.15. The van der Waals surface area contributed by atoms with Gasteiger partial charge in [-0.3, -0.25) is 0 Å². The van der Waals surface area contributed by atoms with Gasteiger partial charge in [0.05, 0.1) is 5.75 Å². The summed E-state index contributed by atoms with van der Waals surface area (Å²) in [7, 11) is -3.24. The molecule has 2 aromatic carbocycles. The van der Waals surface area contributed by atoms with Crippen molar-refractivity contribution in [1.82, 2.24) is 4.72 Å². The van der Waals surface area contributed by atoms with E-state index in [1.165, 1.54) is 5.56 Å². The van der Waals surface area contributed by atoms with Gasteiger partial charge in [-0.1, -0.05) is 60.7 Å². The second-order valence-electron chi connectivity index (χ2n) is 4.73. The molecule has 0 unspecified atom stereocenters. The van der Waals surface area contributed by atoms with Crippen LogP contribution in [0.5, 0.6) is 0 Å². The smallest absolute Gasteiger partial charge is 0.215 e. The first kappa shape index (κ1) is 14.8. The molecular formula is C16H19NO2S. The Morgan fingerprint density at radius 2 is 1.35 bits per heavy atom. The van der Waals surface area contributed by atoms with Gasteiger partial charge in [-0.2, -0.15) is 0 Å². The summed E-state index contributed by atoms with van der Waals surface area (Å²) in [4.78, 5) is 0. The largest absolute Gasteiger partial charge is 0.215 e. The molecule has 0 aromatic heterocycles. The predicted molar refractivity (Wildman–Crippen MR) is 81.8 cm³/mol. The van der Waals surface area contributed by atoms with Crippen LogP contribution in [0.3, 0.4) is 0 Å². The van der Waals surface area contributed by atoms with Gasteiger partial charge in [0.2, 0.25) is 10.0 Å². The normalized spacial score (nSPS) is 11.4. The lowest BCUT2D eigenvalue weighted by molar-refractivity contribution is 0.578. The van der Waals surface area contributed by atoms with Crippen LogP contribution in [0.25, 0.3) is 0 Å². The molecule has 2 rings (SSSR count). The molecule has 0 spiro atoms. The van der Waals surface area contributed by atoms with Crippen LogP contribution in [0.2, 0.25) is 0 Å². The standard InChI is InChI=1S/C16H19NO2S/c18-20(19,14-16-10-5-2-6-11-16)17-13-7-12-15-8-3-1-4-9-15/h1-6,8-11,17H,7,12-14H2. The summed E-state index contributed by atoms with van der Waals surface area (Å²) in [5, 5.41) is 0. The topological polar surface area (TPSA) is 46.2 Å². The number of sulfonamides is 1. The number of hydrogen-bond acceptors (Lipinski definition) is 2. The molecule has 0 aliphatic carbocycles. The van der Waals surface area contributed by atoms with Crippen molar-refractivity contribution >= 4 is 10.0 Å². The maximum Gasteiger partial charge on any atom is 0.215 e. The van der Waals surface area contributed by atoms with Gasteiger partial charge in [0.25, 0.3) is 0 Å². The lowest BCUT2D eigenvalue weighted by atomic mass is 10.1. The first-order chi connectivity index (χ1) is 9.66. The molecule has 0 bridgehead atoms. The van der Waals surface area contributed by atoms with Crippen molar-refractivity contribution in [1.29, 1.82) is 0 Å². The number of nitrogens with one attached hydrogen (secondary N) is 1. The molecule has 0 saturated carbocycles. The molecule has 0 aliphatic heterocycles. The summed E-state index contributed by atoms with van der Waals surface area (Å²) >= 11 is 0. The van der Waals surface area contributed by atoms with Crippen LogP contribution in [0.1, 0.15) is 17.5 Å². The highest BCUT2D eigenvalue weighted by Gasteiger charge is 2.10. The predicted octanol–water partition coefficient (Wildman–Crippen LogP) is 2.74. The average molecular weight is 289 g/mol. The first-order valence-corrected chi connectivity index (χ1v) is 8.36. The first-order valence-electron chi connectivity index (χ1n) is 6.71. The monoisotopic (exact) mass is 289 g/mol. The third-order valence-electron chi connectivity index (χ3n) is 3.01. The Morgan fingerprint density at radius 1 is 0.800 bits per heavy atom. The Balaban J connectivity index is 1.76. The minimum Gasteiger partial charge on any atom is -0.215 e. The summed E-state index contributed by atoms with van der Waals surface area (Å²) in [5.41, 5.74) is 2.04. The van der Waals surface area contributed by atoms with E-state index in [-0.39, 0.29) is 5.75 Å². The second-order valence-corrected chi connectivity index (χ2v) is 6.54. The van der Waals surface area contributed by atoms with Gasteiger partial charge in [-0.25, -0.2) is 13.1 Å². The Morgan fingerprint density at radius 3 is 1.95 bits per heavy atom. The molecule has 0 aliphatic rings. The van der Waals surface area contributed by atoms with Crippen LogP contribution in [0, 0.1) is 0 Å². The van der Waals surface area contributed by atoms with Gasteiger partial charge < -0.3 is 0 Å². The molecular weight excluding hydrogens is 270 g/mol. The quantitative estimate of drug-likeness (QED) is 0.797. The third-order valence-corrected chi connectivity index (χ3v) is 4.36. The Kier molecular flexibility index (Phi) is 5.32. The molecule has 0 amide bonds. The Labute approximate surface area is 120 Å². The molecule has 0 heterocycles. The van der Waals surface area contributed by atoms with Gasteiger partial charge in [-0.15, -0.1) is 0 Å². The van der Waals surface area contributed by atoms with Gasteiger partial charge in [0, 0.05) is 6.54 Å². The molecule has 20 heavy (non-hydrogen) atoms. The average Bonchev–Trinajstić information content (AvgIpc) is 2.45. The van der Waals surface area contributed by atoms with E-state index in [1.807, 2.05) is 48.5 Å². The van der Waals surface area contributed by atoms with Crippen molar-refractivity contribution < 1.29 is 8.42 Å². The lowest BCUT2D eigenvalue weighted by Crippen LogP contribution is -2.26. The molecule has 4 heteroatoms. The summed E-state index contributed by atoms with van der Waals surface area (Å²) in [5.74, 6) is 0.0409. The van der Waals surface area contributed by atoms with Crippen molar-refractivity contribution in [2.45, 2.75) is 18.6 Å². The lowest BCUT2D eigenvalue weighted by Gasteiger charge is -2.07. The number of aryl methyl sites for hydroxylation is 1. The number of hydrogen-bond donors (Lipinski definition) is 1. The summed E-state index contributed by atoms with van der Waals surface area (Å²) in [6.45, 7) is 0.476. The number of rotatable bonds is 7. The SMILES string of the molecule is O=S(=O)(Cc1ccccc1)NCCCc1ccccc1. The zero-order chi connectivity index (χ0) is 14.3. The Hall–Kier alpha value is -1.65. The van der Waals surface area contributed by atoms with E-state index in [0.717, 1.165) is 18.4 Å². The molecule has 0 radical (unpaired) electrons. The fraction of sp³-hybridized carbons (Fsp3) is 0.250. The second kappa shape index (κ2) is 7.22. The zero-order valence-electron chi connectivity index (χ0n) is 11.3. The Bertz CT molecular complexity index is 609. The van der Waals surface area contributed by atoms with E-state index in [9.17, 15) is 8.42 Å². The van der Waals surface area contributed by atoms with Gasteiger partial charge in [0.1, 0.15) is 0 Å². The zero-order valence-corrected chi connectivity index (χ0v) is 12.1. The minimum atomic E-state index is -3.24. The van der Waals surface area contributed by atoms with E-state index in [1.54, 1.807) is 0 Å². The van der Waals surface area contributed by atoms with E-state index >= 15 is 0 Å². The van der Waals surface area contributed by atoms with Gasteiger partial charge in [0.15, 0.2) is 0 Å². The highest BCUT2D eigenvalue weighted by molar-refractivity contribution is 7.88. The van der Waals surface area contributed by atoms with Gasteiger partial charge in [-0.05, 0) is 24.0 Å². The molecule has 106 valence electrons. The molecule has 0 saturated heterocycles. The highest BCUT2D eigenvalue weighted by atomic mass is 32.2. The van der Waals surface area contributed by atoms with E-state index < -0.39 is 10.0 Å². The van der Waals surface area contributed by atoms with Gasteiger partial charge >= 0.3 is 0 Å². The van der Waals surface area contributed by atoms with Crippen LogP contribution >= 0.6 is 0 Å². The summed E-state index contributed by atoms with van der Waals surface area (Å²) in [6, 6.07) is 19.3. The van der Waals surface area contributed by atoms with E-state index in [0.29, 0.717) is 6.54 Å². The van der Waals surface area contributed by atoms with Crippen molar-refractivity contribution in [2.24, 2.45) is 0 Å². The maximum absolute atomic E-state index is 11.9. The van der Waals surface area contributed by atoms with Crippen LogP contribution < -0.4 is 4.72 Å². The van der Waals surface area contributed by atoms with Crippen LogP contribution in [-0.4, -0.2) is 15.0 Å². The summed E-state index contributed by atoms with van der Waals surface area (Å²) < 4.78 is 26.5. The van der Waals surface area contributed by atoms with Crippen molar-refractivity contribution in [3.8, 4) is 0 Å². The van der Waals surface area contributed by atoms with Crippen molar-refractivity contribution in [3.05, 3.63) is 71.8 Å². The molecule has 0 fully saturated rings. The van der Waals surface area contributed by atoms with Crippen molar-refractivity contribution in [3.63, 3.8) is 0 Å². The molecule has 3 nitrogen and oxygen atoms in total. The molecule has 1 N–H and O–H groups in total. The van der Waals surface area contributed by atoms with Crippen LogP contribution in [0.4, 0.5) is 0 Å². The highest BCUT2D eigenvalue weighted by Crippen LogP contribution is 2.05. The van der Waals surface area contributed by atoms with E-state index in [4.69, 9.17) is 0 Å². The molecule has 2 aromatic rings. The maximum atomic E-state index is 11.9. The fourth-order valence-corrected chi connectivity index (χ4v) is 3.20. The van der Waals surface area contributed by atoms with Crippen molar-refractivity contribution in [2.75, 3.05) is 6.54 Å². The van der Waals surface area contributed by atoms with Crippen LogP contribution in [-0.2, 0) is 22.2 Å². The summed E-state index contributed by atoms with van der Waals surface area (Å²) in [6.07, 6.45) is 1.69. The number of benzene rings is 2. The fourth-order valence-electron chi connectivity index (χ4n) is 2.01. The van der Waals surface area contributed by atoms with Crippen LogP contribution in [0.15, 0.2) is 60.7 Å². The van der Waals surface area contributed by atoms with E-state index in [2.05, 4.69) is 16.9 Å².